The van der Waals surface area contributed by atoms with Gasteiger partial charge in [-0.05, 0) is 18.2 Å². The summed E-state index contributed by atoms with van der Waals surface area (Å²) in [5.74, 6) is -0.550. The number of aromatic amines is 1. The van der Waals surface area contributed by atoms with Crippen molar-refractivity contribution >= 4 is 16.7 Å². The van der Waals surface area contributed by atoms with Crippen molar-refractivity contribution in [2.45, 2.75) is 12.4 Å². The fourth-order valence-corrected chi connectivity index (χ4v) is 1.98. The summed E-state index contributed by atoms with van der Waals surface area (Å²) < 4.78 is 81.6. The Morgan fingerprint density at radius 1 is 1.22 bits per heavy atom. The molecule has 1 heterocycles. The number of hydrogen-bond donors (Lipinski definition) is 1. The second kappa shape index (κ2) is 5.53. The summed E-state index contributed by atoms with van der Waals surface area (Å²) in [6, 6.07) is 3.19. The Kier molecular flexibility index (Phi) is 4.03. The first kappa shape index (κ1) is 16.7. The van der Waals surface area contributed by atoms with Crippen molar-refractivity contribution in [3.05, 3.63) is 29.5 Å². The van der Waals surface area contributed by atoms with Crippen LogP contribution < -0.4 is 4.74 Å². The maximum absolute atomic E-state index is 12.9. The van der Waals surface area contributed by atoms with Crippen LogP contribution in [0.4, 0.5) is 26.3 Å². The Morgan fingerprint density at radius 2 is 1.87 bits per heavy atom. The summed E-state index contributed by atoms with van der Waals surface area (Å²) in [5.41, 5.74) is -3.53. The number of rotatable bonds is 3. The average Bonchev–Trinajstić information content (AvgIpc) is 2.81. The first-order chi connectivity index (χ1) is 10.6. The fraction of sp³-hybridized carbons (Fsp3) is 0.214. The molecule has 122 valence electrons. The lowest BCUT2D eigenvalue weighted by molar-refractivity contribution is -0.141. The zero-order chi connectivity index (χ0) is 17.4. The Morgan fingerprint density at radius 3 is 2.39 bits per heavy atom. The van der Waals surface area contributed by atoms with Crippen LogP contribution in [-0.2, 0) is 6.18 Å². The molecule has 0 atom stereocenters. The summed E-state index contributed by atoms with van der Waals surface area (Å²) in [6.45, 7) is -0.232. The number of H-pyrrole nitrogens is 1. The second-order valence-electron chi connectivity index (χ2n) is 4.40. The largest absolute Gasteiger partial charge is 0.481 e. The van der Waals surface area contributed by atoms with E-state index in [2.05, 4.69) is 5.92 Å². The smallest absolute Gasteiger partial charge is 0.454 e. The number of benzene rings is 1. The lowest BCUT2D eigenvalue weighted by Crippen LogP contribution is -2.25. The average molecular weight is 335 g/mol. The van der Waals surface area contributed by atoms with E-state index in [-0.39, 0.29) is 17.9 Å². The molecule has 3 nitrogen and oxygen atoms in total. The van der Waals surface area contributed by atoms with Gasteiger partial charge in [0, 0.05) is 10.9 Å². The lowest BCUT2D eigenvalue weighted by atomic mass is 10.1. The number of carbonyl (C=O) groups is 1. The van der Waals surface area contributed by atoms with Gasteiger partial charge in [0.25, 0.3) is 5.78 Å². The molecular formula is C14H7F6NO2. The molecule has 23 heavy (non-hydrogen) atoms. The Balaban J connectivity index is 2.72. The van der Waals surface area contributed by atoms with Crippen molar-refractivity contribution in [3.63, 3.8) is 0 Å². The van der Waals surface area contributed by atoms with Crippen molar-refractivity contribution in [3.8, 4) is 18.1 Å². The Labute approximate surface area is 125 Å². The number of ketones is 1. The van der Waals surface area contributed by atoms with Crippen LogP contribution in [-0.4, -0.2) is 23.6 Å². The molecule has 1 N–H and O–H groups in total. The molecule has 0 aliphatic carbocycles. The third-order valence-electron chi connectivity index (χ3n) is 2.86. The van der Waals surface area contributed by atoms with Crippen LogP contribution in [0.5, 0.6) is 5.75 Å². The van der Waals surface area contributed by atoms with Gasteiger partial charge in [0.05, 0.1) is 5.56 Å². The molecule has 1 aromatic carbocycles. The number of ether oxygens (including phenoxy) is 1. The number of carbonyl (C=O) groups excluding carboxylic acids is 1. The number of hydrogen-bond acceptors (Lipinski definition) is 2. The molecule has 0 fully saturated rings. The SMILES string of the molecule is C#CCOc1ccc2[nH]c(C(F)(F)F)c(C(=O)C(F)(F)F)c2c1. The van der Waals surface area contributed by atoms with Crippen LogP contribution in [0.3, 0.4) is 0 Å². The first-order valence-corrected chi connectivity index (χ1v) is 5.96. The van der Waals surface area contributed by atoms with E-state index in [1.54, 1.807) is 4.98 Å². The van der Waals surface area contributed by atoms with Gasteiger partial charge in [-0.3, -0.25) is 4.79 Å². The molecule has 0 radical (unpaired) electrons. The van der Waals surface area contributed by atoms with Crippen molar-refractivity contribution in [1.82, 2.24) is 4.98 Å². The third-order valence-corrected chi connectivity index (χ3v) is 2.86. The molecular weight excluding hydrogens is 328 g/mol. The van der Waals surface area contributed by atoms with Gasteiger partial charge in [-0.15, -0.1) is 6.42 Å². The highest BCUT2D eigenvalue weighted by Crippen LogP contribution is 2.39. The van der Waals surface area contributed by atoms with Crippen LogP contribution in [0.25, 0.3) is 10.9 Å². The Bertz CT molecular complexity index is 794. The Hall–Kier alpha value is -2.63. The normalized spacial score (nSPS) is 12.2. The molecule has 0 bridgehead atoms. The number of nitrogens with one attached hydrogen (secondary N) is 1. The predicted molar refractivity (Wildman–Crippen MR) is 68.0 cm³/mol. The van der Waals surface area contributed by atoms with Crippen LogP contribution in [0.2, 0.25) is 0 Å². The number of aromatic nitrogens is 1. The third kappa shape index (κ3) is 3.26. The molecule has 2 aromatic rings. The van der Waals surface area contributed by atoms with Crippen LogP contribution in [0, 0.1) is 12.3 Å². The standard InChI is InChI=1S/C14H7F6NO2/c1-2-5-23-7-3-4-9-8(6-7)10(12(22)14(18,19)20)11(21-9)13(15,16)17/h1,3-4,6,21H,5H2. The maximum atomic E-state index is 12.9. The predicted octanol–water partition coefficient (Wildman–Crippen LogP) is 3.94. The van der Waals surface area contributed by atoms with E-state index in [1.807, 2.05) is 0 Å². The molecule has 0 amide bonds. The number of fused-ring (bicyclic) bond motifs is 1. The monoisotopic (exact) mass is 335 g/mol. The molecule has 0 spiro atoms. The van der Waals surface area contributed by atoms with Crippen molar-refractivity contribution < 1.29 is 35.9 Å². The van der Waals surface area contributed by atoms with Gasteiger partial charge in [-0.2, -0.15) is 26.3 Å². The summed E-state index contributed by atoms with van der Waals surface area (Å²) in [7, 11) is 0. The molecule has 0 aliphatic rings. The van der Waals surface area contributed by atoms with Gasteiger partial charge in [-0.1, -0.05) is 5.92 Å². The van der Waals surface area contributed by atoms with Gasteiger partial charge >= 0.3 is 12.4 Å². The zero-order valence-corrected chi connectivity index (χ0v) is 11.1. The molecule has 0 unspecified atom stereocenters. The van der Waals surface area contributed by atoms with E-state index in [0.717, 1.165) is 12.1 Å². The van der Waals surface area contributed by atoms with Gasteiger partial charge in [-0.25, -0.2) is 0 Å². The van der Waals surface area contributed by atoms with Gasteiger partial charge in [0.15, 0.2) is 0 Å². The molecule has 0 saturated carbocycles. The van der Waals surface area contributed by atoms with Crippen molar-refractivity contribution in [1.29, 1.82) is 0 Å². The minimum atomic E-state index is -5.45. The maximum Gasteiger partial charge on any atom is 0.454 e. The van der Waals surface area contributed by atoms with E-state index >= 15 is 0 Å². The summed E-state index contributed by atoms with van der Waals surface area (Å²) in [4.78, 5) is 13.2. The molecule has 9 heteroatoms. The number of Topliss-reactive ketones (excluding diaryl/α,β-unsaturated/α-hetero) is 1. The highest BCUT2D eigenvalue weighted by molar-refractivity contribution is 6.12. The fourth-order valence-electron chi connectivity index (χ4n) is 1.98. The molecule has 2 rings (SSSR count). The minimum Gasteiger partial charge on any atom is -0.481 e. The van der Waals surface area contributed by atoms with E-state index in [0.29, 0.717) is 0 Å². The van der Waals surface area contributed by atoms with E-state index in [4.69, 9.17) is 11.2 Å². The summed E-state index contributed by atoms with van der Waals surface area (Å²) in [5, 5.41) is -0.547. The topological polar surface area (TPSA) is 42.1 Å². The number of halogens is 6. The zero-order valence-electron chi connectivity index (χ0n) is 11.1. The number of terminal acetylenes is 1. The highest BCUT2D eigenvalue weighted by Gasteiger charge is 2.47. The first-order valence-electron chi connectivity index (χ1n) is 5.96. The molecule has 0 aliphatic heterocycles. The minimum absolute atomic E-state index is 0.0561. The van der Waals surface area contributed by atoms with Crippen LogP contribution in [0.1, 0.15) is 16.1 Å². The van der Waals surface area contributed by atoms with Gasteiger partial charge in [0.1, 0.15) is 18.1 Å². The highest BCUT2D eigenvalue weighted by atomic mass is 19.4. The van der Waals surface area contributed by atoms with Crippen LogP contribution in [0.15, 0.2) is 18.2 Å². The van der Waals surface area contributed by atoms with Crippen LogP contribution >= 0.6 is 0 Å². The van der Waals surface area contributed by atoms with E-state index in [1.165, 1.54) is 6.07 Å². The molecule has 0 saturated heterocycles. The molecule has 1 aromatic heterocycles. The summed E-state index contributed by atoms with van der Waals surface area (Å²) in [6.07, 6.45) is -5.66. The quantitative estimate of drug-likeness (QED) is 0.524. The number of alkyl halides is 6. The van der Waals surface area contributed by atoms with E-state index < -0.39 is 34.8 Å². The van der Waals surface area contributed by atoms with E-state index in [9.17, 15) is 31.1 Å². The lowest BCUT2D eigenvalue weighted by Gasteiger charge is -2.09. The van der Waals surface area contributed by atoms with Gasteiger partial charge < -0.3 is 9.72 Å². The summed E-state index contributed by atoms with van der Waals surface area (Å²) >= 11 is 0. The van der Waals surface area contributed by atoms with Crippen molar-refractivity contribution in [2.24, 2.45) is 0 Å². The van der Waals surface area contributed by atoms with Crippen molar-refractivity contribution in [2.75, 3.05) is 6.61 Å². The second-order valence-corrected chi connectivity index (χ2v) is 4.40. The van der Waals surface area contributed by atoms with Gasteiger partial charge in [0.2, 0.25) is 0 Å².